The minimum Gasteiger partial charge on any atom is -0.457 e. The number of aromatic nitrogens is 1. The molecule has 0 aliphatic carbocycles. The Balaban J connectivity index is 1.51. The molecule has 126 valence electrons. The third-order valence-electron chi connectivity index (χ3n) is 3.90. The molecule has 0 radical (unpaired) electrons. The molecule has 1 aromatic heterocycles. The Morgan fingerprint density at radius 3 is 2.08 bits per heavy atom. The summed E-state index contributed by atoms with van der Waals surface area (Å²) in [4.78, 5) is 12.6. The van der Waals surface area contributed by atoms with Gasteiger partial charge in [0.1, 0.15) is 11.5 Å². The normalized spacial score (nSPS) is 10.5. The van der Waals surface area contributed by atoms with E-state index in [2.05, 4.69) is 5.16 Å². The summed E-state index contributed by atoms with van der Waals surface area (Å²) >= 11 is 0. The Kier molecular flexibility index (Phi) is 4.31. The average molecular weight is 341 g/mol. The van der Waals surface area contributed by atoms with Crippen LogP contribution in [0.15, 0.2) is 95.5 Å². The lowest BCUT2D eigenvalue weighted by molar-refractivity contribution is 0.103. The monoisotopic (exact) mass is 341 g/mol. The Bertz CT molecular complexity index is 1010. The average Bonchev–Trinajstić information content (AvgIpc) is 3.20. The zero-order valence-electron chi connectivity index (χ0n) is 13.8. The molecule has 0 atom stereocenters. The second kappa shape index (κ2) is 7.07. The predicted molar refractivity (Wildman–Crippen MR) is 98.3 cm³/mol. The second-order valence-corrected chi connectivity index (χ2v) is 5.71. The van der Waals surface area contributed by atoms with Gasteiger partial charge in [-0.15, -0.1) is 0 Å². The van der Waals surface area contributed by atoms with Gasteiger partial charge in [0.25, 0.3) is 0 Å². The molecule has 0 N–H and O–H groups in total. The van der Waals surface area contributed by atoms with Crippen LogP contribution in [0.1, 0.15) is 16.1 Å². The summed E-state index contributed by atoms with van der Waals surface area (Å²) in [5, 5.41) is 3.90. The van der Waals surface area contributed by atoms with Gasteiger partial charge >= 0.3 is 0 Å². The molecule has 0 fully saturated rings. The molecule has 0 bridgehead atoms. The molecule has 4 heteroatoms. The van der Waals surface area contributed by atoms with Crippen LogP contribution in [-0.2, 0) is 0 Å². The third kappa shape index (κ3) is 3.39. The van der Waals surface area contributed by atoms with Crippen LogP contribution in [0.3, 0.4) is 0 Å². The van der Waals surface area contributed by atoms with E-state index in [0.29, 0.717) is 17.1 Å². The molecule has 4 rings (SSSR count). The van der Waals surface area contributed by atoms with E-state index in [1.807, 2.05) is 60.7 Å². The Hall–Kier alpha value is -3.66. The highest BCUT2D eigenvalue weighted by Gasteiger charge is 2.15. The largest absolute Gasteiger partial charge is 0.457 e. The molecule has 0 spiro atoms. The molecule has 0 amide bonds. The summed E-state index contributed by atoms with van der Waals surface area (Å²) in [5.74, 6) is 1.79. The van der Waals surface area contributed by atoms with Crippen LogP contribution < -0.4 is 4.74 Å². The van der Waals surface area contributed by atoms with Crippen molar-refractivity contribution in [1.82, 2.24) is 5.16 Å². The summed E-state index contributed by atoms with van der Waals surface area (Å²) < 4.78 is 11.0. The van der Waals surface area contributed by atoms with Gasteiger partial charge in [-0.1, -0.05) is 53.7 Å². The fourth-order valence-corrected chi connectivity index (χ4v) is 2.57. The van der Waals surface area contributed by atoms with Crippen LogP contribution in [-0.4, -0.2) is 10.9 Å². The maximum Gasteiger partial charge on any atom is 0.214 e. The number of hydrogen-bond acceptors (Lipinski definition) is 4. The van der Waals surface area contributed by atoms with E-state index in [0.717, 1.165) is 11.3 Å². The van der Waals surface area contributed by atoms with Crippen molar-refractivity contribution in [2.45, 2.75) is 0 Å². The van der Waals surface area contributed by atoms with Crippen molar-refractivity contribution in [3.8, 4) is 22.8 Å². The molecule has 3 aromatic carbocycles. The minimum absolute atomic E-state index is 0.192. The highest BCUT2D eigenvalue weighted by molar-refractivity contribution is 6.08. The Labute approximate surface area is 150 Å². The molecule has 26 heavy (non-hydrogen) atoms. The number of ether oxygens (including phenoxy) is 1. The van der Waals surface area contributed by atoms with Gasteiger partial charge in [-0.25, -0.2) is 0 Å². The molecule has 4 nitrogen and oxygen atoms in total. The fourth-order valence-electron chi connectivity index (χ4n) is 2.57. The number of carbonyl (C=O) groups excluding carboxylic acids is 1. The van der Waals surface area contributed by atoms with E-state index in [1.165, 1.54) is 0 Å². The molecular weight excluding hydrogens is 326 g/mol. The minimum atomic E-state index is -0.192. The van der Waals surface area contributed by atoms with Gasteiger partial charge in [0.05, 0.1) is 0 Å². The van der Waals surface area contributed by atoms with Crippen molar-refractivity contribution < 1.29 is 14.1 Å². The molecule has 0 saturated carbocycles. The number of ketones is 1. The first kappa shape index (κ1) is 15.8. The highest BCUT2D eigenvalue weighted by atomic mass is 16.5. The first-order valence-electron chi connectivity index (χ1n) is 8.19. The number of benzene rings is 3. The van der Waals surface area contributed by atoms with E-state index in [9.17, 15) is 4.79 Å². The van der Waals surface area contributed by atoms with Gasteiger partial charge in [0, 0.05) is 17.2 Å². The van der Waals surface area contributed by atoms with E-state index >= 15 is 0 Å². The Morgan fingerprint density at radius 1 is 0.769 bits per heavy atom. The first-order valence-corrected chi connectivity index (χ1v) is 8.19. The Morgan fingerprint density at radius 2 is 1.38 bits per heavy atom. The van der Waals surface area contributed by atoms with Crippen molar-refractivity contribution in [2.75, 3.05) is 0 Å². The molecule has 0 unspecified atom stereocenters. The van der Waals surface area contributed by atoms with Gasteiger partial charge in [-0.2, -0.15) is 0 Å². The van der Waals surface area contributed by atoms with Crippen LogP contribution in [0, 0.1) is 0 Å². The van der Waals surface area contributed by atoms with Gasteiger partial charge in [0.15, 0.2) is 11.5 Å². The number of hydrogen-bond donors (Lipinski definition) is 0. The zero-order chi connectivity index (χ0) is 17.8. The predicted octanol–water partition coefficient (Wildman–Crippen LogP) is 5.36. The lowest BCUT2D eigenvalue weighted by Gasteiger charge is -2.05. The van der Waals surface area contributed by atoms with Gasteiger partial charge in [0.2, 0.25) is 5.78 Å². The standard InChI is InChI=1S/C22H15NO3/c24-22(20-15-21(26-23-20)16-7-3-1-4-8-16)17-11-13-19(14-12-17)25-18-9-5-2-6-10-18/h1-15H. The maximum absolute atomic E-state index is 12.6. The summed E-state index contributed by atoms with van der Waals surface area (Å²) in [6.07, 6.45) is 0. The smallest absolute Gasteiger partial charge is 0.214 e. The highest BCUT2D eigenvalue weighted by Crippen LogP contribution is 2.24. The van der Waals surface area contributed by atoms with Crippen molar-refractivity contribution >= 4 is 5.78 Å². The number of nitrogens with zero attached hydrogens (tertiary/aromatic N) is 1. The zero-order valence-corrected chi connectivity index (χ0v) is 13.8. The maximum atomic E-state index is 12.6. The lowest BCUT2D eigenvalue weighted by atomic mass is 10.1. The van der Waals surface area contributed by atoms with Gasteiger partial charge < -0.3 is 9.26 Å². The third-order valence-corrected chi connectivity index (χ3v) is 3.90. The fraction of sp³-hybridized carbons (Fsp3) is 0. The van der Waals surface area contributed by atoms with Crippen LogP contribution in [0.2, 0.25) is 0 Å². The van der Waals surface area contributed by atoms with Crippen LogP contribution >= 0.6 is 0 Å². The molecular formula is C22H15NO3. The quantitative estimate of drug-likeness (QED) is 0.458. The summed E-state index contributed by atoms with van der Waals surface area (Å²) in [6.45, 7) is 0. The summed E-state index contributed by atoms with van der Waals surface area (Å²) in [7, 11) is 0. The van der Waals surface area contributed by atoms with Crippen LogP contribution in [0.5, 0.6) is 11.5 Å². The number of para-hydroxylation sites is 1. The van der Waals surface area contributed by atoms with Crippen molar-refractivity contribution in [3.63, 3.8) is 0 Å². The van der Waals surface area contributed by atoms with E-state index in [1.54, 1.807) is 30.3 Å². The summed E-state index contributed by atoms with van der Waals surface area (Å²) in [5.41, 5.74) is 1.68. The first-order chi connectivity index (χ1) is 12.8. The van der Waals surface area contributed by atoms with E-state index < -0.39 is 0 Å². The van der Waals surface area contributed by atoms with Crippen molar-refractivity contribution in [2.24, 2.45) is 0 Å². The van der Waals surface area contributed by atoms with Crippen molar-refractivity contribution in [1.29, 1.82) is 0 Å². The molecule has 4 aromatic rings. The topological polar surface area (TPSA) is 52.3 Å². The molecule has 0 aliphatic rings. The lowest BCUT2D eigenvalue weighted by Crippen LogP contribution is -2.01. The summed E-state index contributed by atoms with van der Waals surface area (Å²) in [6, 6.07) is 27.7. The van der Waals surface area contributed by atoms with Crippen molar-refractivity contribution in [3.05, 3.63) is 102 Å². The van der Waals surface area contributed by atoms with E-state index in [4.69, 9.17) is 9.26 Å². The molecule has 1 heterocycles. The van der Waals surface area contributed by atoms with Gasteiger partial charge in [-0.3, -0.25) is 4.79 Å². The van der Waals surface area contributed by atoms with Crippen LogP contribution in [0.4, 0.5) is 0 Å². The van der Waals surface area contributed by atoms with E-state index in [-0.39, 0.29) is 11.5 Å². The van der Waals surface area contributed by atoms with Gasteiger partial charge in [-0.05, 0) is 36.4 Å². The second-order valence-electron chi connectivity index (χ2n) is 5.71. The number of carbonyl (C=O) groups is 1. The number of rotatable bonds is 5. The molecule has 0 aliphatic heterocycles. The van der Waals surface area contributed by atoms with Crippen LogP contribution in [0.25, 0.3) is 11.3 Å². The SMILES string of the molecule is O=C(c1ccc(Oc2ccccc2)cc1)c1cc(-c2ccccc2)on1. The molecule has 0 saturated heterocycles.